The number of primary amides is 1. The van der Waals surface area contributed by atoms with Crippen LogP contribution in [0.4, 0.5) is 0 Å². The number of nitrogens with two attached hydrogens (primary N) is 1. The molecular weight excluding hydrogens is 518 g/mol. The van der Waals surface area contributed by atoms with Gasteiger partial charge < -0.3 is 10.7 Å². The number of halogens is 2. The predicted molar refractivity (Wildman–Crippen MR) is 118 cm³/mol. The van der Waals surface area contributed by atoms with Crippen molar-refractivity contribution in [2.24, 2.45) is 5.73 Å². The van der Waals surface area contributed by atoms with E-state index in [1.807, 2.05) is 30.3 Å². The lowest BCUT2D eigenvalue weighted by Gasteiger charge is -2.09. The Bertz CT molecular complexity index is 1260. The van der Waals surface area contributed by atoms with E-state index in [1.165, 1.54) is 15.9 Å². The van der Waals surface area contributed by atoms with E-state index in [0.717, 1.165) is 40.7 Å². The molecule has 0 radical (unpaired) electrons. The molecule has 140 valence electrons. The van der Waals surface area contributed by atoms with Crippen LogP contribution in [0, 0.1) is 0 Å². The molecule has 0 bridgehead atoms. The zero-order chi connectivity index (χ0) is 19.7. The van der Waals surface area contributed by atoms with Gasteiger partial charge in [-0.2, -0.15) is 0 Å². The third-order valence-corrected chi connectivity index (χ3v) is 6.51. The van der Waals surface area contributed by atoms with Crippen LogP contribution < -0.4 is 15.5 Å². The Labute approximate surface area is 177 Å². The van der Waals surface area contributed by atoms with Gasteiger partial charge in [0.1, 0.15) is 6.04 Å². The third kappa shape index (κ3) is 4.40. The first-order valence-corrected chi connectivity index (χ1v) is 10.9. The van der Waals surface area contributed by atoms with Gasteiger partial charge in [0.05, 0.1) is 20.4 Å². The van der Waals surface area contributed by atoms with Gasteiger partial charge in [-0.05, 0) is 43.3 Å². The number of hydrogen-bond acceptors (Lipinski definition) is 5. The third-order valence-electron chi connectivity index (χ3n) is 3.76. The maximum atomic E-state index is 11.8. The van der Waals surface area contributed by atoms with Crippen molar-refractivity contribution >= 4 is 80.9 Å². The standard InChI is InChI=1S/C10H9BrN2O2S.C7H4BrNOS/c1-5(9(12)14)13-7-3-2-6(11)4-8(7)16-10(13)15;8-4-1-2-5-6(3-4)11-7(10)9-5/h2-5H,1H3,(H2,12,14);1-3H,(H,9,10). The molecule has 1 amide bonds. The van der Waals surface area contributed by atoms with Crippen LogP contribution in [0.15, 0.2) is 54.9 Å². The summed E-state index contributed by atoms with van der Waals surface area (Å²) in [7, 11) is 0. The summed E-state index contributed by atoms with van der Waals surface area (Å²) in [5, 5.41) is 0. The number of thiazole rings is 2. The molecule has 1 atom stereocenters. The van der Waals surface area contributed by atoms with Crippen LogP contribution in [0.25, 0.3) is 20.4 Å². The number of nitrogens with zero attached hydrogens (tertiary/aromatic N) is 1. The van der Waals surface area contributed by atoms with Crippen LogP contribution in [0.5, 0.6) is 0 Å². The monoisotopic (exact) mass is 529 g/mol. The van der Waals surface area contributed by atoms with Gasteiger partial charge in [-0.3, -0.25) is 19.0 Å². The molecule has 2 aromatic heterocycles. The fourth-order valence-corrected chi connectivity index (χ4v) is 5.22. The fourth-order valence-electron chi connectivity index (χ4n) is 2.42. The van der Waals surface area contributed by atoms with Crippen molar-refractivity contribution in [2.75, 3.05) is 0 Å². The highest BCUT2D eigenvalue weighted by Crippen LogP contribution is 2.24. The minimum absolute atomic E-state index is 0.00176. The summed E-state index contributed by atoms with van der Waals surface area (Å²) < 4.78 is 5.16. The van der Waals surface area contributed by atoms with Crippen molar-refractivity contribution in [3.05, 3.63) is 64.7 Å². The molecule has 0 saturated carbocycles. The molecule has 0 saturated heterocycles. The number of benzene rings is 2. The van der Waals surface area contributed by atoms with E-state index in [0.29, 0.717) is 0 Å². The van der Waals surface area contributed by atoms with Crippen LogP contribution in [0.1, 0.15) is 13.0 Å². The summed E-state index contributed by atoms with van der Waals surface area (Å²) >= 11 is 9.00. The summed E-state index contributed by atoms with van der Waals surface area (Å²) in [6.07, 6.45) is 0. The van der Waals surface area contributed by atoms with Crippen LogP contribution >= 0.6 is 54.5 Å². The molecule has 27 heavy (non-hydrogen) atoms. The molecule has 0 aliphatic rings. The van der Waals surface area contributed by atoms with Crippen LogP contribution in [-0.4, -0.2) is 15.5 Å². The van der Waals surface area contributed by atoms with Crippen molar-refractivity contribution in [2.45, 2.75) is 13.0 Å². The van der Waals surface area contributed by atoms with E-state index in [4.69, 9.17) is 5.73 Å². The molecule has 4 rings (SSSR count). The first-order chi connectivity index (χ1) is 12.8. The number of carbonyl (C=O) groups is 1. The molecule has 2 heterocycles. The molecule has 3 N–H and O–H groups in total. The van der Waals surface area contributed by atoms with E-state index in [9.17, 15) is 14.4 Å². The molecular formula is C17H13Br2N3O3S2. The molecule has 0 aliphatic heterocycles. The Morgan fingerprint density at radius 2 is 1.70 bits per heavy atom. The van der Waals surface area contributed by atoms with Crippen LogP contribution in [0.2, 0.25) is 0 Å². The molecule has 0 fully saturated rings. The average molecular weight is 531 g/mol. The number of carbonyl (C=O) groups excluding carboxylic acids is 1. The largest absolute Gasteiger partial charge is 0.368 e. The summed E-state index contributed by atoms with van der Waals surface area (Å²) in [5.74, 6) is -0.510. The number of amides is 1. The first-order valence-electron chi connectivity index (χ1n) is 7.64. The maximum Gasteiger partial charge on any atom is 0.308 e. The van der Waals surface area contributed by atoms with Gasteiger partial charge in [0.2, 0.25) is 5.91 Å². The highest BCUT2D eigenvalue weighted by Gasteiger charge is 2.17. The van der Waals surface area contributed by atoms with E-state index in [-0.39, 0.29) is 9.75 Å². The van der Waals surface area contributed by atoms with Crippen molar-refractivity contribution < 1.29 is 4.79 Å². The lowest BCUT2D eigenvalue weighted by molar-refractivity contribution is -0.120. The maximum absolute atomic E-state index is 11.8. The number of aromatic amines is 1. The number of nitrogens with one attached hydrogen (secondary N) is 1. The smallest absolute Gasteiger partial charge is 0.308 e. The fraction of sp³-hybridized carbons (Fsp3) is 0.118. The summed E-state index contributed by atoms with van der Waals surface area (Å²) in [5.41, 5.74) is 6.86. The summed E-state index contributed by atoms with van der Waals surface area (Å²) in [6, 6.07) is 10.6. The van der Waals surface area contributed by atoms with Gasteiger partial charge in [-0.15, -0.1) is 0 Å². The van der Waals surface area contributed by atoms with Crippen molar-refractivity contribution in [1.29, 1.82) is 0 Å². The van der Waals surface area contributed by atoms with Crippen LogP contribution in [-0.2, 0) is 4.79 Å². The summed E-state index contributed by atoms with van der Waals surface area (Å²) in [4.78, 5) is 36.3. The lowest BCUT2D eigenvalue weighted by atomic mass is 10.3. The SMILES string of the molecule is CC(C(N)=O)n1c(=O)sc2cc(Br)ccc21.O=c1[nH]c2ccc(Br)cc2s1. The second-order valence-electron chi connectivity index (χ2n) is 5.58. The second-order valence-corrected chi connectivity index (χ2v) is 9.42. The summed E-state index contributed by atoms with van der Waals surface area (Å²) in [6.45, 7) is 1.62. The number of hydrogen-bond donors (Lipinski definition) is 2. The molecule has 0 spiro atoms. The van der Waals surface area contributed by atoms with Gasteiger partial charge in [0, 0.05) is 8.95 Å². The van der Waals surface area contributed by atoms with E-state index in [1.54, 1.807) is 13.0 Å². The minimum atomic E-state index is -0.623. The quantitative estimate of drug-likeness (QED) is 0.406. The molecule has 6 nitrogen and oxygen atoms in total. The second kappa shape index (κ2) is 8.09. The number of aromatic nitrogens is 2. The van der Waals surface area contributed by atoms with Gasteiger partial charge in [-0.25, -0.2) is 0 Å². The predicted octanol–water partition coefficient (Wildman–Crippen LogP) is 4.22. The molecule has 0 aliphatic carbocycles. The van der Waals surface area contributed by atoms with E-state index >= 15 is 0 Å². The number of rotatable bonds is 2. The number of H-pyrrole nitrogens is 1. The van der Waals surface area contributed by atoms with Crippen molar-refractivity contribution in [3.8, 4) is 0 Å². The first kappa shape index (κ1) is 20.0. The lowest BCUT2D eigenvalue weighted by Crippen LogP contribution is -2.29. The highest BCUT2D eigenvalue weighted by molar-refractivity contribution is 9.10. The Kier molecular flexibility index (Phi) is 5.99. The number of fused-ring (bicyclic) bond motifs is 2. The Balaban J connectivity index is 0.000000166. The Morgan fingerprint density at radius 1 is 1.07 bits per heavy atom. The zero-order valence-corrected chi connectivity index (χ0v) is 18.7. The molecule has 2 aromatic carbocycles. The molecule has 4 aromatic rings. The van der Waals surface area contributed by atoms with Gasteiger partial charge in [0.15, 0.2) is 0 Å². The van der Waals surface area contributed by atoms with Gasteiger partial charge in [0.25, 0.3) is 0 Å². The van der Waals surface area contributed by atoms with Crippen molar-refractivity contribution in [1.82, 2.24) is 9.55 Å². The minimum Gasteiger partial charge on any atom is -0.368 e. The van der Waals surface area contributed by atoms with Crippen molar-refractivity contribution in [3.63, 3.8) is 0 Å². The van der Waals surface area contributed by atoms with E-state index in [2.05, 4.69) is 36.8 Å². The normalized spacial score (nSPS) is 12.0. The highest BCUT2D eigenvalue weighted by atomic mass is 79.9. The topological polar surface area (TPSA) is 97.9 Å². The Morgan fingerprint density at radius 3 is 2.37 bits per heavy atom. The zero-order valence-electron chi connectivity index (χ0n) is 13.9. The van der Waals surface area contributed by atoms with E-state index < -0.39 is 11.9 Å². The molecule has 10 heteroatoms. The van der Waals surface area contributed by atoms with Gasteiger partial charge in [-0.1, -0.05) is 54.5 Å². The van der Waals surface area contributed by atoms with Gasteiger partial charge >= 0.3 is 9.75 Å². The average Bonchev–Trinajstić information content (AvgIpc) is 3.11. The molecule has 1 unspecified atom stereocenters. The Hall–Kier alpha value is -1.75. The van der Waals surface area contributed by atoms with Crippen LogP contribution in [0.3, 0.4) is 0 Å².